The molecule has 2 nitrogen and oxygen atoms in total. The van der Waals surface area contributed by atoms with Crippen LogP contribution in [-0.4, -0.2) is 0 Å². The number of benzene rings is 2. The Bertz CT molecular complexity index is 506. The monoisotopic (exact) mass is 250 g/mol. The van der Waals surface area contributed by atoms with Crippen molar-refractivity contribution in [1.82, 2.24) is 0 Å². The van der Waals surface area contributed by atoms with Crippen LogP contribution in [0.2, 0.25) is 5.02 Å². The number of aryl methyl sites for hydroxylation is 1. The van der Waals surface area contributed by atoms with E-state index < -0.39 is 0 Å². The molecule has 0 atom stereocenters. The summed E-state index contributed by atoms with van der Waals surface area (Å²) in [5, 5.41) is 3.65. The van der Waals surface area contributed by atoms with E-state index in [1.165, 1.54) is 12.1 Å². The molecule has 0 aromatic heterocycles. The molecule has 3 N–H and O–H groups in total. The third kappa shape index (κ3) is 2.68. The topological polar surface area (TPSA) is 38.0 Å². The first-order chi connectivity index (χ1) is 8.06. The van der Waals surface area contributed by atoms with Gasteiger partial charge in [-0.3, -0.25) is 0 Å². The zero-order chi connectivity index (χ0) is 12.4. The number of rotatable bonds is 2. The Morgan fingerprint density at radius 2 is 1.88 bits per heavy atom. The van der Waals surface area contributed by atoms with Crippen LogP contribution in [0.5, 0.6) is 0 Å². The van der Waals surface area contributed by atoms with Crippen molar-refractivity contribution in [1.29, 1.82) is 0 Å². The Hall–Kier alpha value is -1.74. The Morgan fingerprint density at radius 1 is 1.12 bits per heavy atom. The highest BCUT2D eigenvalue weighted by Crippen LogP contribution is 2.28. The van der Waals surface area contributed by atoms with Gasteiger partial charge < -0.3 is 11.1 Å². The number of nitrogens with two attached hydrogens (primary N) is 1. The third-order valence-electron chi connectivity index (χ3n) is 2.48. The smallest absolute Gasteiger partial charge is 0.125 e. The summed E-state index contributed by atoms with van der Waals surface area (Å²) in [5.74, 6) is -0.293. The van der Waals surface area contributed by atoms with E-state index in [2.05, 4.69) is 5.32 Å². The summed E-state index contributed by atoms with van der Waals surface area (Å²) >= 11 is 5.88. The molecule has 0 amide bonds. The molecule has 0 unspecified atom stereocenters. The number of hydrogen-bond acceptors (Lipinski definition) is 2. The van der Waals surface area contributed by atoms with Crippen LogP contribution in [0.1, 0.15) is 5.56 Å². The van der Waals surface area contributed by atoms with Gasteiger partial charge in [0.2, 0.25) is 0 Å². The lowest BCUT2D eigenvalue weighted by atomic mass is 10.2. The second-order valence-corrected chi connectivity index (χ2v) is 4.25. The average molecular weight is 251 g/mol. The van der Waals surface area contributed by atoms with Crippen LogP contribution < -0.4 is 11.1 Å². The molecule has 2 rings (SSSR count). The van der Waals surface area contributed by atoms with Crippen LogP contribution in [0.4, 0.5) is 21.5 Å². The second-order valence-electron chi connectivity index (χ2n) is 3.82. The molecule has 0 aliphatic carbocycles. The maximum Gasteiger partial charge on any atom is 0.125 e. The molecule has 2 aromatic rings. The van der Waals surface area contributed by atoms with Gasteiger partial charge in [0.1, 0.15) is 5.82 Å². The number of halogens is 2. The summed E-state index contributed by atoms with van der Waals surface area (Å²) in [6, 6.07) is 9.68. The highest BCUT2D eigenvalue weighted by Gasteiger charge is 2.04. The van der Waals surface area contributed by atoms with Gasteiger partial charge >= 0.3 is 0 Å². The first-order valence-corrected chi connectivity index (χ1v) is 5.52. The molecule has 4 heteroatoms. The number of nitrogens with one attached hydrogen (secondary N) is 1. The molecule has 88 valence electrons. The van der Waals surface area contributed by atoms with Gasteiger partial charge in [0.05, 0.1) is 11.4 Å². The average Bonchev–Trinajstić information content (AvgIpc) is 2.28. The Labute approximate surface area is 104 Å². The minimum absolute atomic E-state index is 0.293. The molecular formula is C13H12ClFN2. The van der Waals surface area contributed by atoms with Gasteiger partial charge in [-0.25, -0.2) is 4.39 Å². The molecular weight excluding hydrogens is 239 g/mol. The normalized spacial score (nSPS) is 10.3. The van der Waals surface area contributed by atoms with Crippen LogP contribution in [0.3, 0.4) is 0 Å². The van der Waals surface area contributed by atoms with E-state index in [1.54, 1.807) is 24.3 Å². The van der Waals surface area contributed by atoms with E-state index in [0.717, 1.165) is 5.56 Å². The van der Waals surface area contributed by atoms with E-state index in [-0.39, 0.29) is 5.82 Å². The van der Waals surface area contributed by atoms with Crippen LogP contribution >= 0.6 is 11.6 Å². The van der Waals surface area contributed by atoms with E-state index in [0.29, 0.717) is 22.1 Å². The highest BCUT2D eigenvalue weighted by atomic mass is 35.5. The molecule has 0 aliphatic heterocycles. The Morgan fingerprint density at radius 3 is 2.65 bits per heavy atom. The molecule has 2 aromatic carbocycles. The summed E-state index contributed by atoms with van der Waals surface area (Å²) in [5.41, 5.74) is 8.67. The van der Waals surface area contributed by atoms with Crippen molar-refractivity contribution in [3.8, 4) is 0 Å². The SMILES string of the molecule is Cc1ccc(F)cc1Nc1cc(Cl)ccc1N. The van der Waals surface area contributed by atoms with E-state index in [4.69, 9.17) is 17.3 Å². The predicted molar refractivity (Wildman–Crippen MR) is 70.3 cm³/mol. The minimum Gasteiger partial charge on any atom is -0.397 e. The van der Waals surface area contributed by atoms with Crippen LogP contribution in [0.15, 0.2) is 36.4 Å². The molecule has 0 spiro atoms. The van der Waals surface area contributed by atoms with Gasteiger partial charge in [-0.15, -0.1) is 0 Å². The van der Waals surface area contributed by atoms with E-state index >= 15 is 0 Å². The highest BCUT2D eigenvalue weighted by molar-refractivity contribution is 6.31. The zero-order valence-electron chi connectivity index (χ0n) is 9.30. The van der Waals surface area contributed by atoms with Gasteiger partial charge in [0, 0.05) is 10.7 Å². The lowest BCUT2D eigenvalue weighted by Crippen LogP contribution is -1.98. The van der Waals surface area contributed by atoms with Gasteiger partial charge in [-0.05, 0) is 42.8 Å². The maximum atomic E-state index is 13.1. The van der Waals surface area contributed by atoms with Gasteiger partial charge in [0.15, 0.2) is 0 Å². The molecule has 0 heterocycles. The Balaban J connectivity index is 2.37. The molecule has 0 fully saturated rings. The summed E-state index contributed by atoms with van der Waals surface area (Å²) in [4.78, 5) is 0. The Kier molecular flexibility index (Phi) is 3.20. The van der Waals surface area contributed by atoms with Gasteiger partial charge in [0.25, 0.3) is 0 Å². The van der Waals surface area contributed by atoms with Crippen LogP contribution in [0, 0.1) is 12.7 Å². The second kappa shape index (κ2) is 4.63. The van der Waals surface area contributed by atoms with E-state index in [1.807, 2.05) is 6.92 Å². The molecule has 0 bridgehead atoms. The van der Waals surface area contributed by atoms with Crippen molar-refractivity contribution >= 4 is 28.7 Å². The lowest BCUT2D eigenvalue weighted by molar-refractivity contribution is 0.628. The predicted octanol–water partition coefficient (Wildman–Crippen LogP) is 4.11. The minimum atomic E-state index is -0.293. The number of anilines is 3. The van der Waals surface area contributed by atoms with Gasteiger partial charge in [-0.1, -0.05) is 17.7 Å². The molecule has 0 saturated carbocycles. The molecule has 0 aliphatic rings. The van der Waals surface area contributed by atoms with Crippen LogP contribution in [0.25, 0.3) is 0 Å². The van der Waals surface area contributed by atoms with Crippen LogP contribution in [-0.2, 0) is 0 Å². The first kappa shape index (κ1) is 11.7. The van der Waals surface area contributed by atoms with Crippen molar-refractivity contribution < 1.29 is 4.39 Å². The fourth-order valence-electron chi connectivity index (χ4n) is 1.51. The van der Waals surface area contributed by atoms with Crippen molar-refractivity contribution in [3.63, 3.8) is 0 Å². The standard InChI is InChI=1S/C13H12ClFN2/c1-8-2-4-10(15)7-12(8)17-13-6-9(14)3-5-11(13)16/h2-7,17H,16H2,1H3. The molecule has 0 saturated heterocycles. The fraction of sp³-hybridized carbons (Fsp3) is 0.0769. The van der Waals surface area contributed by atoms with Crippen molar-refractivity contribution in [2.24, 2.45) is 0 Å². The van der Waals surface area contributed by atoms with Crippen molar-refractivity contribution in [3.05, 3.63) is 52.8 Å². The van der Waals surface area contributed by atoms with Gasteiger partial charge in [-0.2, -0.15) is 0 Å². The summed E-state index contributed by atoms with van der Waals surface area (Å²) in [7, 11) is 0. The number of nitrogen functional groups attached to an aromatic ring is 1. The maximum absolute atomic E-state index is 13.1. The molecule has 17 heavy (non-hydrogen) atoms. The van der Waals surface area contributed by atoms with E-state index in [9.17, 15) is 4.39 Å². The summed E-state index contributed by atoms with van der Waals surface area (Å²) < 4.78 is 13.1. The fourth-order valence-corrected chi connectivity index (χ4v) is 1.68. The summed E-state index contributed by atoms with van der Waals surface area (Å²) in [6.07, 6.45) is 0. The van der Waals surface area contributed by atoms with Crippen molar-refractivity contribution in [2.45, 2.75) is 6.92 Å². The third-order valence-corrected chi connectivity index (χ3v) is 2.72. The largest absolute Gasteiger partial charge is 0.397 e. The molecule has 0 radical (unpaired) electrons. The quantitative estimate of drug-likeness (QED) is 0.787. The zero-order valence-corrected chi connectivity index (χ0v) is 10.1. The number of hydrogen-bond donors (Lipinski definition) is 2. The summed E-state index contributed by atoms with van der Waals surface area (Å²) in [6.45, 7) is 1.89. The lowest BCUT2D eigenvalue weighted by Gasteiger charge is -2.12. The first-order valence-electron chi connectivity index (χ1n) is 5.14. The van der Waals surface area contributed by atoms with Crippen molar-refractivity contribution in [2.75, 3.05) is 11.1 Å².